The molecule has 1 aliphatic rings. The molecule has 0 saturated carbocycles. The molecule has 0 atom stereocenters. The number of hydrogen-bond acceptors (Lipinski definition) is 2. The molecule has 0 amide bonds. The van der Waals surface area contributed by atoms with Crippen molar-refractivity contribution in [3.05, 3.63) is 60.2 Å². The molecule has 126 valence electrons. The van der Waals surface area contributed by atoms with E-state index in [9.17, 15) is 0 Å². The van der Waals surface area contributed by atoms with Crippen LogP contribution in [0.25, 0.3) is 6.08 Å². The maximum absolute atomic E-state index is 4.43. The van der Waals surface area contributed by atoms with Gasteiger partial charge in [-0.2, -0.15) is 0 Å². The van der Waals surface area contributed by atoms with Crippen LogP contribution in [0, 0.1) is 0 Å². The number of nitrogens with zero attached hydrogens (tertiary/aromatic N) is 4. The van der Waals surface area contributed by atoms with Crippen molar-refractivity contribution in [1.82, 2.24) is 19.8 Å². The quantitative estimate of drug-likeness (QED) is 0.695. The van der Waals surface area contributed by atoms with Crippen LogP contribution in [-0.4, -0.2) is 47.1 Å². The van der Waals surface area contributed by atoms with Crippen LogP contribution in [-0.2, 0) is 6.54 Å². The lowest BCUT2D eigenvalue weighted by atomic mass is 10.0. The lowest BCUT2D eigenvalue weighted by Crippen LogP contribution is -2.45. The fourth-order valence-corrected chi connectivity index (χ4v) is 2.98. The molecule has 2 aromatic rings. The summed E-state index contributed by atoms with van der Waals surface area (Å²) in [5, 5.41) is 3.45. The number of nitrogens with one attached hydrogen (secondary N) is 1. The average molecular weight is 323 g/mol. The molecule has 1 N–H and O–H groups in total. The summed E-state index contributed by atoms with van der Waals surface area (Å²) in [6.45, 7) is 3.78. The summed E-state index contributed by atoms with van der Waals surface area (Å²) in [4.78, 5) is 10.8. The van der Waals surface area contributed by atoms with Crippen LogP contribution in [0.5, 0.6) is 0 Å². The van der Waals surface area contributed by atoms with Gasteiger partial charge >= 0.3 is 0 Å². The third-order valence-electron chi connectivity index (χ3n) is 4.30. The van der Waals surface area contributed by atoms with Gasteiger partial charge in [0.1, 0.15) is 0 Å². The molecule has 2 heterocycles. The zero-order chi connectivity index (χ0) is 16.6. The van der Waals surface area contributed by atoms with Gasteiger partial charge in [0.25, 0.3) is 0 Å². The Balaban J connectivity index is 1.48. The molecule has 1 aliphatic heterocycles. The first-order chi connectivity index (χ1) is 11.8. The first kappa shape index (κ1) is 16.3. The first-order valence-corrected chi connectivity index (χ1v) is 8.51. The summed E-state index contributed by atoms with van der Waals surface area (Å²) in [7, 11) is 1.86. The second-order valence-corrected chi connectivity index (χ2v) is 5.97. The van der Waals surface area contributed by atoms with E-state index in [4.69, 9.17) is 0 Å². The van der Waals surface area contributed by atoms with E-state index in [-0.39, 0.29) is 0 Å². The molecular weight excluding hydrogens is 298 g/mol. The lowest BCUT2D eigenvalue weighted by molar-refractivity contribution is 0.374. The molecule has 0 radical (unpaired) electrons. The highest BCUT2D eigenvalue weighted by atomic mass is 15.3. The molecule has 0 spiro atoms. The van der Waals surface area contributed by atoms with Crippen molar-refractivity contribution in [2.24, 2.45) is 4.99 Å². The van der Waals surface area contributed by atoms with Crippen molar-refractivity contribution in [2.45, 2.75) is 19.4 Å². The molecule has 0 bridgehead atoms. The highest BCUT2D eigenvalue weighted by molar-refractivity contribution is 5.80. The molecule has 5 nitrogen and oxygen atoms in total. The monoisotopic (exact) mass is 323 g/mol. The van der Waals surface area contributed by atoms with Gasteiger partial charge in [-0.15, -0.1) is 0 Å². The van der Waals surface area contributed by atoms with E-state index < -0.39 is 0 Å². The normalized spacial score (nSPS) is 15.5. The second kappa shape index (κ2) is 8.34. The van der Waals surface area contributed by atoms with Crippen LogP contribution in [0.15, 0.2) is 59.6 Å². The van der Waals surface area contributed by atoms with E-state index in [0.29, 0.717) is 0 Å². The maximum Gasteiger partial charge on any atom is 0.193 e. The van der Waals surface area contributed by atoms with Gasteiger partial charge in [0.05, 0.1) is 6.33 Å². The van der Waals surface area contributed by atoms with Crippen molar-refractivity contribution in [3.63, 3.8) is 0 Å². The van der Waals surface area contributed by atoms with Crippen LogP contribution in [0.1, 0.15) is 18.4 Å². The molecule has 5 heteroatoms. The Morgan fingerprint density at radius 1 is 1.25 bits per heavy atom. The smallest absolute Gasteiger partial charge is 0.193 e. The molecule has 0 aliphatic carbocycles. The topological polar surface area (TPSA) is 45.5 Å². The fraction of sp³-hybridized carbons (Fsp3) is 0.368. The Kier molecular flexibility index (Phi) is 5.66. The van der Waals surface area contributed by atoms with Crippen LogP contribution in [0.3, 0.4) is 0 Å². The average Bonchev–Trinajstić information content (AvgIpc) is 3.14. The van der Waals surface area contributed by atoms with E-state index in [1.165, 1.54) is 11.1 Å². The predicted octanol–water partition coefficient (Wildman–Crippen LogP) is 2.64. The van der Waals surface area contributed by atoms with E-state index >= 15 is 0 Å². The molecule has 24 heavy (non-hydrogen) atoms. The highest BCUT2D eigenvalue weighted by Crippen LogP contribution is 2.19. The van der Waals surface area contributed by atoms with Crippen LogP contribution < -0.4 is 5.32 Å². The fourth-order valence-electron chi connectivity index (χ4n) is 2.98. The van der Waals surface area contributed by atoms with Crippen molar-refractivity contribution in [1.29, 1.82) is 0 Å². The lowest BCUT2D eigenvalue weighted by Gasteiger charge is -2.31. The van der Waals surface area contributed by atoms with Gasteiger partial charge in [-0.25, -0.2) is 4.98 Å². The number of aliphatic imine (C=N–C) groups is 1. The van der Waals surface area contributed by atoms with Gasteiger partial charge in [-0.1, -0.05) is 42.0 Å². The number of hydrogen-bond donors (Lipinski definition) is 1. The molecule has 1 fully saturated rings. The van der Waals surface area contributed by atoms with E-state index in [0.717, 1.165) is 45.0 Å². The zero-order valence-corrected chi connectivity index (χ0v) is 14.2. The van der Waals surface area contributed by atoms with Gasteiger partial charge < -0.3 is 14.8 Å². The minimum atomic E-state index is 0.853. The summed E-state index contributed by atoms with van der Waals surface area (Å²) >= 11 is 0. The van der Waals surface area contributed by atoms with Crippen molar-refractivity contribution in [3.8, 4) is 0 Å². The number of aromatic nitrogens is 2. The zero-order valence-electron chi connectivity index (χ0n) is 14.2. The SMILES string of the molecule is CN=C(NCCn1ccnc1)N1CCC(=Cc2ccccc2)CC1. The van der Waals surface area contributed by atoms with Crippen molar-refractivity contribution >= 4 is 12.0 Å². The second-order valence-electron chi connectivity index (χ2n) is 5.97. The summed E-state index contributed by atoms with van der Waals surface area (Å²) in [5.74, 6) is 0.994. The Morgan fingerprint density at radius 2 is 2.04 bits per heavy atom. The van der Waals surface area contributed by atoms with Gasteiger partial charge in [-0.05, 0) is 18.4 Å². The Labute approximate surface area is 143 Å². The summed E-state index contributed by atoms with van der Waals surface area (Å²) in [5.41, 5.74) is 2.81. The van der Waals surface area contributed by atoms with Crippen LogP contribution >= 0.6 is 0 Å². The third kappa shape index (κ3) is 4.47. The van der Waals surface area contributed by atoms with Crippen LogP contribution in [0.2, 0.25) is 0 Å². The van der Waals surface area contributed by atoms with Crippen molar-refractivity contribution < 1.29 is 0 Å². The third-order valence-corrected chi connectivity index (χ3v) is 4.30. The Morgan fingerprint density at radius 3 is 2.71 bits per heavy atom. The molecule has 1 saturated heterocycles. The molecule has 1 aromatic heterocycles. The van der Waals surface area contributed by atoms with Gasteiger partial charge in [-0.3, -0.25) is 4.99 Å². The van der Waals surface area contributed by atoms with E-state index in [2.05, 4.69) is 61.2 Å². The van der Waals surface area contributed by atoms with Crippen LogP contribution in [0.4, 0.5) is 0 Å². The first-order valence-electron chi connectivity index (χ1n) is 8.51. The minimum Gasteiger partial charge on any atom is -0.354 e. The number of rotatable bonds is 4. The predicted molar refractivity (Wildman–Crippen MR) is 98.8 cm³/mol. The maximum atomic E-state index is 4.43. The number of piperidine rings is 1. The van der Waals surface area contributed by atoms with Crippen molar-refractivity contribution in [2.75, 3.05) is 26.7 Å². The largest absolute Gasteiger partial charge is 0.354 e. The standard InChI is InChI=1S/C19H25N5/c1-20-19(22-10-14-23-13-9-21-16-23)24-11-7-18(8-12-24)15-17-5-3-2-4-6-17/h2-6,9,13,15-16H,7-8,10-12,14H2,1H3,(H,20,22). The number of benzene rings is 1. The number of imidazole rings is 1. The molecule has 1 aromatic carbocycles. The Hall–Kier alpha value is -2.56. The van der Waals surface area contributed by atoms with Gasteiger partial charge in [0, 0.05) is 45.6 Å². The summed E-state index contributed by atoms with van der Waals surface area (Å²) in [6, 6.07) is 10.6. The van der Waals surface area contributed by atoms with E-state index in [1.807, 2.05) is 19.6 Å². The van der Waals surface area contributed by atoms with Gasteiger partial charge in [0.2, 0.25) is 0 Å². The molecule has 0 unspecified atom stereocenters. The number of guanidine groups is 1. The Bertz CT molecular complexity index is 663. The number of likely N-dealkylation sites (tertiary alicyclic amines) is 1. The summed E-state index contributed by atoms with van der Waals surface area (Å²) < 4.78 is 2.07. The molecule has 3 rings (SSSR count). The van der Waals surface area contributed by atoms with Gasteiger partial charge in [0.15, 0.2) is 5.96 Å². The summed E-state index contributed by atoms with van der Waals surface area (Å²) in [6.07, 6.45) is 10.1. The van der Waals surface area contributed by atoms with E-state index in [1.54, 1.807) is 6.20 Å². The minimum absolute atomic E-state index is 0.853. The molecular formula is C19H25N5. The highest BCUT2D eigenvalue weighted by Gasteiger charge is 2.16.